The molecule has 7 nitrogen and oxygen atoms in total. The number of carbonyl (C=O) groups excluding carboxylic acids is 1. The van der Waals surface area contributed by atoms with Crippen molar-refractivity contribution in [1.82, 2.24) is 20.2 Å². The molecule has 2 aliphatic heterocycles. The van der Waals surface area contributed by atoms with Gasteiger partial charge in [0, 0.05) is 42.5 Å². The number of amides is 1. The molecule has 31 heavy (non-hydrogen) atoms. The quantitative estimate of drug-likeness (QED) is 0.435. The third-order valence-electron chi connectivity index (χ3n) is 6.22. The zero-order valence-electron chi connectivity index (χ0n) is 17.2. The number of aromatic nitrogens is 4. The number of benzene rings is 1. The third-order valence-corrected chi connectivity index (χ3v) is 7.92. The molecule has 4 heterocycles. The molecule has 3 aromatic rings. The zero-order valence-corrected chi connectivity index (χ0v) is 18.8. The molecular weight excluding hydrogens is 428 g/mol. The van der Waals surface area contributed by atoms with Crippen molar-refractivity contribution in [2.75, 3.05) is 29.1 Å². The summed E-state index contributed by atoms with van der Waals surface area (Å²) < 4.78 is 0. The lowest BCUT2D eigenvalue weighted by Gasteiger charge is -2.27. The van der Waals surface area contributed by atoms with Crippen LogP contribution in [0.3, 0.4) is 0 Å². The molecule has 1 aliphatic carbocycles. The molecular formula is C22H22N6OS2. The van der Waals surface area contributed by atoms with Crippen LogP contribution in [0.15, 0.2) is 35.6 Å². The predicted octanol–water partition coefficient (Wildman–Crippen LogP) is 4.22. The van der Waals surface area contributed by atoms with E-state index in [1.54, 1.807) is 17.5 Å². The summed E-state index contributed by atoms with van der Waals surface area (Å²) in [5.41, 5.74) is 2.48. The summed E-state index contributed by atoms with van der Waals surface area (Å²) in [6.45, 7) is 1.58. The van der Waals surface area contributed by atoms with Gasteiger partial charge in [-0.1, -0.05) is 35.2 Å². The van der Waals surface area contributed by atoms with Crippen molar-refractivity contribution in [3.8, 4) is 10.6 Å². The SMILES string of the molecule is CSc1ncc2c(n1)N1CCC[C@H]1CN(c1cccc(-c3nnc(C4CC4)s3)c1)C2=O. The van der Waals surface area contributed by atoms with E-state index in [9.17, 15) is 4.79 Å². The van der Waals surface area contributed by atoms with E-state index in [0.717, 1.165) is 46.5 Å². The van der Waals surface area contributed by atoms with Crippen molar-refractivity contribution in [1.29, 1.82) is 0 Å². The highest BCUT2D eigenvalue weighted by atomic mass is 32.2. The Morgan fingerprint density at radius 1 is 1.19 bits per heavy atom. The maximum Gasteiger partial charge on any atom is 0.263 e. The summed E-state index contributed by atoms with van der Waals surface area (Å²) in [7, 11) is 0. The van der Waals surface area contributed by atoms with E-state index in [4.69, 9.17) is 4.98 Å². The van der Waals surface area contributed by atoms with Gasteiger partial charge in [0.1, 0.15) is 21.4 Å². The molecule has 1 atom stereocenters. The molecule has 1 amide bonds. The van der Waals surface area contributed by atoms with Gasteiger partial charge in [0.25, 0.3) is 5.91 Å². The minimum Gasteiger partial charge on any atom is -0.351 e. The predicted molar refractivity (Wildman–Crippen MR) is 123 cm³/mol. The molecule has 0 bridgehead atoms. The highest BCUT2D eigenvalue weighted by Crippen LogP contribution is 2.43. The lowest BCUT2D eigenvalue weighted by molar-refractivity contribution is 0.0988. The fourth-order valence-electron chi connectivity index (χ4n) is 4.44. The van der Waals surface area contributed by atoms with E-state index in [1.165, 1.54) is 24.6 Å². The molecule has 0 unspecified atom stereocenters. The fraction of sp³-hybridized carbons (Fsp3) is 0.409. The molecule has 9 heteroatoms. The van der Waals surface area contributed by atoms with Gasteiger partial charge in [-0.15, -0.1) is 10.2 Å². The number of hydrogen-bond donors (Lipinski definition) is 0. The molecule has 2 aromatic heterocycles. The third kappa shape index (κ3) is 3.40. The number of fused-ring (bicyclic) bond motifs is 3. The van der Waals surface area contributed by atoms with Gasteiger partial charge in [-0.2, -0.15) is 0 Å². The van der Waals surface area contributed by atoms with E-state index in [2.05, 4.69) is 26.1 Å². The molecule has 0 radical (unpaired) electrons. The Kier molecular flexibility index (Phi) is 4.68. The first-order valence-electron chi connectivity index (χ1n) is 10.6. The molecule has 1 saturated carbocycles. The van der Waals surface area contributed by atoms with Crippen LogP contribution in [0.4, 0.5) is 11.5 Å². The van der Waals surface area contributed by atoms with Gasteiger partial charge in [-0.3, -0.25) is 4.79 Å². The van der Waals surface area contributed by atoms with Gasteiger partial charge in [0.05, 0.1) is 0 Å². The summed E-state index contributed by atoms with van der Waals surface area (Å²) in [5, 5.41) is 11.5. The average molecular weight is 451 g/mol. The molecule has 158 valence electrons. The molecule has 3 aliphatic rings. The second-order valence-electron chi connectivity index (χ2n) is 8.27. The van der Waals surface area contributed by atoms with Crippen LogP contribution < -0.4 is 9.80 Å². The lowest BCUT2D eigenvalue weighted by atomic mass is 10.1. The largest absolute Gasteiger partial charge is 0.351 e. The second kappa shape index (κ2) is 7.56. The Labute approximate surface area is 188 Å². The Balaban J connectivity index is 1.39. The van der Waals surface area contributed by atoms with Gasteiger partial charge in [0.2, 0.25) is 0 Å². The van der Waals surface area contributed by atoms with Crippen molar-refractivity contribution < 1.29 is 4.79 Å². The normalized spacial score (nSPS) is 20.5. The fourth-order valence-corrected chi connectivity index (χ4v) is 5.79. The van der Waals surface area contributed by atoms with Gasteiger partial charge in [-0.05, 0) is 44.1 Å². The first-order valence-corrected chi connectivity index (χ1v) is 12.7. The van der Waals surface area contributed by atoms with Crippen molar-refractivity contribution in [2.24, 2.45) is 0 Å². The number of anilines is 2. The molecule has 1 aromatic carbocycles. The molecule has 2 fully saturated rings. The van der Waals surface area contributed by atoms with Crippen LogP contribution in [0.1, 0.15) is 47.0 Å². The van der Waals surface area contributed by atoms with Crippen LogP contribution in [0.2, 0.25) is 0 Å². The number of thioether (sulfide) groups is 1. The van der Waals surface area contributed by atoms with Crippen LogP contribution in [0.5, 0.6) is 0 Å². The Morgan fingerprint density at radius 2 is 2.10 bits per heavy atom. The van der Waals surface area contributed by atoms with E-state index in [0.29, 0.717) is 23.2 Å². The van der Waals surface area contributed by atoms with Gasteiger partial charge in [-0.25, -0.2) is 9.97 Å². The number of hydrogen-bond acceptors (Lipinski definition) is 8. The first kappa shape index (κ1) is 19.2. The van der Waals surface area contributed by atoms with Gasteiger partial charge >= 0.3 is 0 Å². The Morgan fingerprint density at radius 3 is 2.94 bits per heavy atom. The topological polar surface area (TPSA) is 75.1 Å². The van der Waals surface area contributed by atoms with Crippen molar-refractivity contribution in [2.45, 2.75) is 42.8 Å². The summed E-state index contributed by atoms with van der Waals surface area (Å²) in [6, 6.07) is 8.39. The molecule has 0 N–H and O–H groups in total. The lowest BCUT2D eigenvalue weighted by Crippen LogP contribution is -2.39. The van der Waals surface area contributed by atoms with Crippen LogP contribution in [-0.2, 0) is 0 Å². The summed E-state index contributed by atoms with van der Waals surface area (Å²) in [4.78, 5) is 26.9. The van der Waals surface area contributed by atoms with Crippen molar-refractivity contribution >= 4 is 40.5 Å². The number of rotatable bonds is 4. The number of nitrogens with zero attached hydrogens (tertiary/aromatic N) is 6. The highest BCUT2D eigenvalue weighted by molar-refractivity contribution is 7.98. The van der Waals surface area contributed by atoms with E-state index in [-0.39, 0.29) is 11.9 Å². The minimum absolute atomic E-state index is 0.0369. The summed E-state index contributed by atoms with van der Waals surface area (Å²) in [6.07, 6.45) is 8.26. The van der Waals surface area contributed by atoms with Crippen LogP contribution in [0, 0.1) is 0 Å². The smallest absolute Gasteiger partial charge is 0.263 e. The summed E-state index contributed by atoms with van der Waals surface area (Å²) >= 11 is 3.17. The zero-order chi connectivity index (χ0) is 20.9. The molecule has 6 rings (SSSR count). The monoisotopic (exact) mass is 450 g/mol. The maximum atomic E-state index is 13.6. The van der Waals surface area contributed by atoms with Crippen LogP contribution >= 0.6 is 23.1 Å². The van der Waals surface area contributed by atoms with E-state index in [1.807, 2.05) is 29.4 Å². The van der Waals surface area contributed by atoms with Crippen molar-refractivity contribution in [3.05, 3.63) is 41.0 Å². The van der Waals surface area contributed by atoms with Crippen LogP contribution in [-0.4, -0.2) is 51.5 Å². The maximum absolute atomic E-state index is 13.6. The Hall–Kier alpha value is -2.52. The van der Waals surface area contributed by atoms with Crippen LogP contribution in [0.25, 0.3) is 10.6 Å². The second-order valence-corrected chi connectivity index (χ2v) is 10.1. The van der Waals surface area contributed by atoms with E-state index < -0.39 is 0 Å². The highest BCUT2D eigenvalue weighted by Gasteiger charge is 2.37. The van der Waals surface area contributed by atoms with Gasteiger partial charge in [0.15, 0.2) is 5.16 Å². The summed E-state index contributed by atoms with van der Waals surface area (Å²) in [5.74, 6) is 1.34. The van der Waals surface area contributed by atoms with Crippen molar-refractivity contribution in [3.63, 3.8) is 0 Å². The van der Waals surface area contributed by atoms with E-state index >= 15 is 0 Å². The Bertz CT molecular complexity index is 1160. The first-order chi connectivity index (χ1) is 15.2. The standard InChI is InChI=1S/C22H22N6OS2/c1-30-22-23-11-17-18(24-22)27-9-3-6-16(27)12-28(21(17)29)15-5-2-4-14(10-15)20-26-25-19(31-20)13-7-8-13/h2,4-5,10-11,13,16H,3,6-9,12H2,1H3/t16-/m0/s1. The molecule has 1 saturated heterocycles. The molecule has 0 spiro atoms. The number of carbonyl (C=O) groups is 1. The average Bonchev–Trinajstić information content (AvgIpc) is 3.38. The van der Waals surface area contributed by atoms with Gasteiger partial charge < -0.3 is 9.80 Å². The minimum atomic E-state index is -0.0369.